The first-order valence-corrected chi connectivity index (χ1v) is 6.79. The minimum atomic E-state index is -0.122. The van der Waals surface area contributed by atoms with Gasteiger partial charge in [-0.2, -0.15) is 0 Å². The van der Waals surface area contributed by atoms with Crippen LogP contribution in [0, 0.1) is 0 Å². The topological polar surface area (TPSA) is 42.8 Å². The van der Waals surface area contributed by atoms with Crippen LogP contribution in [0.15, 0.2) is 18.2 Å². The van der Waals surface area contributed by atoms with Gasteiger partial charge in [-0.1, -0.05) is 11.6 Å². The van der Waals surface area contributed by atoms with E-state index in [4.69, 9.17) is 16.3 Å². The highest BCUT2D eigenvalue weighted by Crippen LogP contribution is 2.21. The number of halogens is 1. The minimum Gasteiger partial charge on any atom is -0.496 e. The fourth-order valence-electron chi connectivity index (χ4n) is 1.89. The van der Waals surface area contributed by atoms with E-state index in [-0.39, 0.29) is 11.9 Å². The Balaban J connectivity index is 2.78. The first kappa shape index (κ1) is 15.8. The number of carbonyl (C=O) groups excluding carboxylic acids is 1. The maximum atomic E-state index is 11.8. The molecule has 0 spiro atoms. The van der Waals surface area contributed by atoms with E-state index in [1.807, 2.05) is 33.0 Å². The molecule has 1 unspecified atom stereocenters. The van der Waals surface area contributed by atoms with Crippen LogP contribution in [0.3, 0.4) is 0 Å². The zero-order valence-electron chi connectivity index (χ0n) is 11.9. The Morgan fingerprint density at radius 3 is 2.79 bits per heavy atom. The number of methoxy groups -OCH3 is 1. The largest absolute Gasteiger partial charge is 0.496 e. The smallest absolute Gasteiger partial charge is 0.278 e. The lowest BCUT2D eigenvalue weighted by molar-refractivity contribution is -0.908. The maximum Gasteiger partial charge on any atom is 0.278 e. The molecule has 5 heteroatoms. The molecule has 0 aliphatic rings. The third-order valence-corrected chi connectivity index (χ3v) is 3.43. The van der Waals surface area contributed by atoms with E-state index < -0.39 is 0 Å². The lowest BCUT2D eigenvalue weighted by atomic mass is 10.1. The van der Waals surface area contributed by atoms with Gasteiger partial charge in [-0.15, -0.1) is 0 Å². The zero-order chi connectivity index (χ0) is 14.4. The van der Waals surface area contributed by atoms with Gasteiger partial charge in [-0.25, -0.2) is 0 Å². The Hall–Kier alpha value is -1.26. The van der Waals surface area contributed by atoms with Crippen LogP contribution >= 0.6 is 11.6 Å². The van der Waals surface area contributed by atoms with Gasteiger partial charge in [-0.3, -0.25) is 4.79 Å². The predicted octanol–water partition coefficient (Wildman–Crippen LogP) is 0.888. The maximum absolute atomic E-state index is 11.8. The van der Waals surface area contributed by atoms with Crippen molar-refractivity contribution in [2.24, 2.45) is 0 Å². The summed E-state index contributed by atoms with van der Waals surface area (Å²) in [5, 5.41) is 3.51. The van der Waals surface area contributed by atoms with Gasteiger partial charge in [0.2, 0.25) is 0 Å². The molecule has 0 aromatic heterocycles. The van der Waals surface area contributed by atoms with Gasteiger partial charge < -0.3 is 15.0 Å². The van der Waals surface area contributed by atoms with Gasteiger partial charge in [0, 0.05) is 17.1 Å². The lowest BCUT2D eigenvalue weighted by Gasteiger charge is -2.21. The van der Waals surface area contributed by atoms with Crippen molar-refractivity contribution in [1.82, 2.24) is 5.32 Å². The molecule has 1 aromatic carbocycles. The van der Waals surface area contributed by atoms with Crippen LogP contribution in [0.2, 0.25) is 5.02 Å². The Morgan fingerprint density at radius 1 is 1.53 bits per heavy atom. The van der Waals surface area contributed by atoms with Gasteiger partial charge in [0.25, 0.3) is 5.91 Å². The van der Waals surface area contributed by atoms with Crippen molar-refractivity contribution < 1.29 is 14.4 Å². The van der Waals surface area contributed by atoms with Crippen LogP contribution in [0.1, 0.15) is 19.4 Å². The van der Waals surface area contributed by atoms with Crippen molar-refractivity contribution in [2.75, 3.05) is 20.7 Å². The SMILES string of the molecule is CCNC(=O)[C@@H](C)[NH+](C)Cc1cc(Cl)ccc1OC. The molecule has 19 heavy (non-hydrogen) atoms. The summed E-state index contributed by atoms with van der Waals surface area (Å²) in [6, 6.07) is 5.41. The van der Waals surface area contributed by atoms with Crippen molar-refractivity contribution in [1.29, 1.82) is 0 Å². The number of rotatable bonds is 6. The summed E-state index contributed by atoms with van der Waals surface area (Å²) >= 11 is 6.00. The summed E-state index contributed by atoms with van der Waals surface area (Å²) in [4.78, 5) is 12.9. The van der Waals surface area contributed by atoms with Gasteiger partial charge in [0.1, 0.15) is 12.3 Å². The Labute approximate surface area is 119 Å². The van der Waals surface area contributed by atoms with Gasteiger partial charge >= 0.3 is 0 Å². The monoisotopic (exact) mass is 285 g/mol. The third kappa shape index (κ3) is 4.40. The molecule has 0 bridgehead atoms. The van der Waals surface area contributed by atoms with E-state index in [2.05, 4.69) is 5.32 Å². The molecule has 1 rings (SSSR count). The van der Waals surface area contributed by atoms with Crippen LogP contribution in [-0.4, -0.2) is 32.7 Å². The number of quaternary nitrogens is 1. The highest BCUT2D eigenvalue weighted by Gasteiger charge is 2.22. The average molecular weight is 286 g/mol. The normalized spacial score (nSPS) is 13.7. The number of likely N-dealkylation sites (N-methyl/N-ethyl adjacent to an activating group) is 2. The summed E-state index contributed by atoms with van der Waals surface area (Å²) in [5.41, 5.74) is 1.00. The molecule has 0 heterocycles. The molecular weight excluding hydrogens is 264 g/mol. The van der Waals surface area contributed by atoms with Crippen molar-refractivity contribution in [3.63, 3.8) is 0 Å². The number of ether oxygens (including phenoxy) is 1. The van der Waals surface area contributed by atoms with E-state index in [1.165, 1.54) is 0 Å². The Kier molecular flexibility index (Phi) is 6.12. The number of nitrogens with one attached hydrogen (secondary N) is 2. The molecule has 0 radical (unpaired) electrons. The molecule has 1 amide bonds. The quantitative estimate of drug-likeness (QED) is 0.815. The Bertz CT molecular complexity index is 437. The molecule has 0 saturated carbocycles. The van der Waals surface area contributed by atoms with E-state index >= 15 is 0 Å². The summed E-state index contributed by atoms with van der Waals surface area (Å²) in [5.74, 6) is 0.854. The second-order valence-electron chi connectivity index (χ2n) is 4.60. The van der Waals surface area contributed by atoms with Gasteiger partial charge in [-0.05, 0) is 32.0 Å². The number of carbonyl (C=O) groups is 1. The van der Waals surface area contributed by atoms with E-state index in [0.29, 0.717) is 18.1 Å². The average Bonchev–Trinajstić information content (AvgIpc) is 2.38. The molecule has 106 valence electrons. The molecule has 4 nitrogen and oxygen atoms in total. The minimum absolute atomic E-state index is 0.0565. The fraction of sp³-hybridized carbons (Fsp3) is 0.500. The lowest BCUT2D eigenvalue weighted by Crippen LogP contribution is -3.12. The van der Waals surface area contributed by atoms with Crippen molar-refractivity contribution in [3.8, 4) is 5.75 Å². The predicted molar refractivity (Wildman–Crippen MR) is 76.7 cm³/mol. The summed E-state index contributed by atoms with van der Waals surface area (Å²) in [6.45, 7) is 5.16. The summed E-state index contributed by atoms with van der Waals surface area (Å²) in [6.07, 6.45) is 0. The molecule has 2 N–H and O–H groups in total. The summed E-state index contributed by atoms with van der Waals surface area (Å²) < 4.78 is 5.32. The number of hydrogen-bond acceptors (Lipinski definition) is 2. The Morgan fingerprint density at radius 2 is 2.21 bits per heavy atom. The van der Waals surface area contributed by atoms with E-state index in [1.54, 1.807) is 13.2 Å². The van der Waals surface area contributed by atoms with Gasteiger partial charge in [0.15, 0.2) is 6.04 Å². The molecular formula is C14H22ClN2O2+. The second kappa shape index (κ2) is 7.36. The standard InChI is InChI=1S/C14H21ClN2O2/c1-5-16-14(18)10(2)17(3)9-11-8-12(15)6-7-13(11)19-4/h6-8,10H,5,9H2,1-4H3,(H,16,18)/p+1/t10-/m1/s1. The first-order valence-electron chi connectivity index (χ1n) is 6.42. The number of amides is 1. The highest BCUT2D eigenvalue weighted by molar-refractivity contribution is 6.30. The van der Waals surface area contributed by atoms with Crippen molar-refractivity contribution >= 4 is 17.5 Å². The van der Waals surface area contributed by atoms with Crippen LogP contribution in [-0.2, 0) is 11.3 Å². The summed E-state index contributed by atoms with van der Waals surface area (Å²) in [7, 11) is 3.62. The highest BCUT2D eigenvalue weighted by atomic mass is 35.5. The molecule has 2 atom stereocenters. The van der Waals surface area contributed by atoms with Crippen LogP contribution in [0.25, 0.3) is 0 Å². The molecule has 0 aliphatic carbocycles. The molecule has 1 aromatic rings. The van der Waals surface area contributed by atoms with Crippen LogP contribution < -0.4 is 15.0 Å². The molecule has 0 saturated heterocycles. The molecule has 0 fully saturated rings. The second-order valence-corrected chi connectivity index (χ2v) is 5.03. The van der Waals surface area contributed by atoms with Crippen LogP contribution in [0.4, 0.5) is 0 Å². The van der Waals surface area contributed by atoms with Crippen molar-refractivity contribution in [3.05, 3.63) is 28.8 Å². The van der Waals surface area contributed by atoms with Crippen molar-refractivity contribution in [2.45, 2.75) is 26.4 Å². The molecule has 0 aliphatic heterocycles. The first-order chi connectivity index (χ1) is 8.99. The van der Waals surface area contributed by atoms with E-state index in [9.17, 15) is 4.79 Å². The fourth-order valence-corrected chi connectivity index (χ4v) is 2.08. The number of benzene rings is 1. The third-order valence-electron chi connectivity index (χ3n) is 3.20. The zero-order valence-corrected chi connectivity index (χ0v) is 12.7. The van der Waals surface area contributed by atoms with Gasteiger partial charge in [0.05, 0.1) is 14.2 Å². The van der Waals surface area contributed by atoms with E-state index in [0.717, 1.165) is 16.2 Å². The number of hydrogen-bond donors (Lipinski definition) is 2. The van der Waals surface area contributed by atoms with Crippen LogP contribution in [0.5, 0.6) is 5.75 Å².